The highest BCUT2D eigenvalue weighted by Crippen LogP contribution is 2.23. The van der Waals surface area contributed by atoms with Gasteiger partial charge in [0.2, 0.25) is 11.8 Å². The van der Waals surface area contributed by atoms with Gasteiger partial charge in [0, 0.05) is 23.2 Å². The third-order valence-electron chi connectivity index (χ3n) is 4.13. The lowest BCUT2D eigenvalue weighted by molar-refractivity contribution is -0.148. The van der Waals surface area contributed by atoms with Gasteiger partial charge in [-0.1, -0.05) is 11.6 Å². The molecule has 2 saturated heterocycles. The van der Waals surface area contributed by atoms with E-state index in [-0.39, 0.29) is 30.3 Å². The van der Waals surface area contributed by atoms with E-state index in [9.17, 15) is 14.4 Å². The van der Waals surface area contributed by atoms with Gasteiger partial charge in [0.1, 0.15) is 12.1 Å². The molecule has 122 valence electrons. The zero-order chi connectivity index (χ0) is 16.6. The van der Waals surface area contributed by atoms with E-state index < -0.39 is 18.7 Å². The Kier molecular flexibility index (Phi) is 4.23. The van der Waals surface area contributed by atoms with E-state index in [1.54, 1.807) is 24.3 Å². The van der Waals surface area contributed by atoms with Crippen LogP contribution >= 0.6 is 11.6 Å². The van der Waals surface area contributed by atoms with Crippen LogP contribution in [0.3, 0.4) is 0 Å². The third-order valence-corrected chi connectivity index (χ3v) is 4.38. The van der Waals surface area contributed by atoms with Crippen molar-refractivity contribution >= 4 is 29.3 Å². The number of aliphatic hydroxyl groups excluding tert-OH is 1. The number of carbonyl (C=O) groups is 3. The predicted octanol–water partition coefficient (Wildman–Crippen LogP) is -0.470. The average molecular weight is 338 g/mol. The molecule has 1 aromatic carbocycles. The Hall–Kier alpha value is -2.12. The lowest BCUT2D eigenvalue weighted by Gasteiger charge is -2.33. The van der Waals surface area contributed by atoms with Crippen LogP contribution in [-0.4, -0.2) is 59.0 Å². The maximum absolute atomic E-state index is 12.2. The number of rotatable bonds is 3. The van der Waals surface area contributed by atoms with Gasteiger partial charge in [-0.25, -0.2) is 0 Å². The predicted molar refractivity (Wildman–Crippen MR) is 81.8 cm³/mol. The van der Waals surface area contributed by atoms with Crippen molar-refractivity contribution in [1.82, 2.24) is 15.5 Å². The Morgan fingerprint density at radius 1 is 1.35 bits per heavy atom. The number of carbonyl (C=O) groups excluding carboxylic acids is 3. The first kappa shape index (κ1) is 15.8. The summed E-state index contributed by atoms with van der Waals surface area (Å²) in [6, 6.07) is 4.66. The number of benzene rings is 1. The standard InChI is InChI=1S/C15H16ClN3O4/c16-9-3-1-8(2-4-9)13(21)17-10-5-12-14(22)18-11(7-20)15(23)19(12)6-10/h1-4,10-12,20H,5-7H2,(H,17,21)(H,18,22)/t10-,11+,12-/m0/s1. The fraction of sp³-hybridized carbons (Fsp3) is 0.400. The molecule has 3 amide bonds. The second-order valence-electron chi connectivity index (χ2n) is 5.66. The first-order valence-corrected chi connectivity index (χ1v) is 7.65. The summed E-state index contributed by atoms with van der Waals surface area (Å²) in [6.07, 6.45) is 0.356. The summed E-state index contributed by atoms with van der Waals surface area (Å²) in [4.78, 5) is 37.8. The van der Waals surface area contributed by atoms with Crippen molar-refractivity contribution in [2.24, 2.45) is 0 Å². The molecule has 2 heterocycles. The normalized spacial score (nSPS) is 26.7. The molecular formula is C15H16ClN3O4. The molecule has 3 N–H and O–H groups in total. The first-order chi connectivity index (χ1) is 11.0. The van der Waals surface area contributed by atoms with Gasteiger partial charge < -0.3 is 20.6 Å². The zero-order valence-electron chi connectivity index (χ0n) is 12.2. The molecule has 0 aliphatic carbocycles. The molecule has 2 aliphatic heterocycles. The summed E-state index contributed by atoms with van der Waals surface area (Å²) in [6.45, 7) is -0.178. The molecule has 8 heteroatoms. The highest BCUT2D eigenvalue weighted by atomic mass is 35.5. The third kappa shape index (κ3) is 3.02. The number of fused-ring (bicyclic) bond motifs is 1. The molecule has 2 fully saturated rings. The van der Waals surface area contributed by atoms with Crippen molar-refractivity contribution in [2.45, 2.75) is 24.5 Å². The van der Waals surface area contributed by atoms with E-state index in [1.807, 2.05) is 0 Å². The van der Waals surface area contributed by atoms with Crippen LogP contribution in [0, 0.1) is 0 Å². The molecule has 3 atom stereocenters. The van der Waals surface area contributed by atoms with Crippen molar-refractivity contribution in [2.75, 3.05) is 13.2 Å². The molecule has 0 unspecified atom stereocenters. The minimum atomic E-state index is -0.899. The van der Waals surface area contributed by atoms with Gasteiger partial charge in [-0.3, -0.25) is 14.4 Å². The minimum Gasteiger partial charge on any atom is -0.394 e. The van der Waals surface area contributed by atoms with Crippen molar-refractivity contribution in [3.05, 3.63) is 34.9 Å². The van der Waals surface area contributed by atoms with Crippen molar-refractivity contribution < 1.29 is 19.5 Å². The average Bonchev–Trinajstić information content (AvgIpc) is 2.96. The number of nitrogens with zero attached hydrogens (tertiary/aromatic N) is 1. The minimum absolute atomic E-state index is 0.257. The van der Waals surface area contributed by atoms with Gasteiger partial charge in [-0.05, 0) is 30.7 Å². The monoisotopic (exact) mass is 337 g/mol. The quantitative estimate of drug-likeness (QED) is 0.694. The Balaban J connectivity index is 1.67. The second-order valence-corrected chi connectivity index (χ2v) is 6.10. The van der Waals surface area contributed by atoms with Crippen LogP contribution in [0.25, 0.3) is 0 Å². The molecule has 3 rings (SSSR count). The first-order valence-electron chi connectivity index (χ1n) is 7.27. The summed E-state index contributed by atoms with van der Waals surface area (Å²) >= 11 is 5.79. The highest BCUT2D eigenvalue weighted by molar-refractivity contribution is 6.30. The Labute approximate surface area is 137 Å². The van der Waals surface area contributed by atoms with Crippen LogP contribution < -0.4 is 10.6 Å². The van der Waals surface area contributed by atoms with E-state index >= 15 is 0 Å². The van der Waals surface area contributed by atoms with Crippen LogP contribution in [0.15, 0.2) is 24.3 Å². The summed E-state index contributed by atoms with van der Waals surface area (Å²) in [5.41, 5.74) is 0.461. The van der Waals surface area contributed by atoms with Gasteiger partial charge in [0.25, 0.3) is 5.91 Å². The van der Waals surface area contributed by atoms with E-state index in [0.717, 1.165) is 0 Å². The molecule has 2 aliphatic rings. The summed E-state index contributed by atoms with van der Waals surface area (Å²) in [5.74, 6) is -0.898. The van der Waals surface area contributed by atoms with E-state index in [4.69, 9.17) is 16.7 Å². The van der Waals surface area contributed by atoms with Crippen LogP contribution in [-0.2, 0) is 9.59 Å². The SMILES string of the molecule is O=C(N[C@H]1C[C@H]2C(=O)N[C@H](CO)C(=O)N2C1)c1ccc(Cl)cc1. The van der Waals surface area contributed by atoms with Crippen LogP contribution in [0.2, 0.25) is 5.02 Å². The summed E-state index contributed by atoms with van der Waals surface area (Å²) in [5, 5.41) is 15.0. The molecule has 7 nitrogen and oxygen atoms in total. The lowest BCUT2D eigenvalue weighted by Crippen LogP contribution is -2.62. The van der Waals surface area contributed by atoms with Gasteiger partial charge >= 0.3 is 0 Å². The molecule has 0 spiro atoms. The largest absolute Gasteiger partial charge is 0.394 e. The van der Waals surface area contributed by atoms with Gasteiger partial charge in [0.05, 0.1) is 6.61 Å². The maximum atomic E-state index is 12.2. The summed E-state index contributed by atoms with van der Waals surface area (Å²) < 4.78 is 0. The van der Waals surface area contributed by atoms with E-state index in [2.05, 4.69) is 10.6 Å². The van der Waals surface area contributed by atoms with Crippen LogP contribution in [0.4, 0.5) is 0 Å². The zero-order valence-corrected chi connectivity index (χ0v) is 12.9. The number of hydrogen-bond acceptors (Lipinski definition) is 4. The second kappa shape index (κ2) is 6.17. The Bertz CT molecular complexity index is 649. The fourth-order valence-corrected chi connectivity index (χ4v) is 3.08. The van der Waals surface area contributed by atoms with Gasteiger partial charge in [-0.2, -0.15) is 0 Å². The number of nitrogens with one attached hydrogen (secondary N) is 2. The number of halogens is 1. The van der Waals surface area contributed by atoms with E-state index in [0.29, 0.717) is 17.0 Å². The molecule has 0 aromatic heterocycles. The van der Waals surface area contributed by atoms with Crippen molar-refractivity contribution in [3.63, 3.8) is 0 Å². The highest BCUT2D eigenvalue weighted by Gasteiger charge is 2.46. The smallest absolute Gasteiger partial charge is 0.251 e. The molecule has 0 saturated carbocycles. The Morgan fingerprint density at radius 3 is 2.70 bits per heavy atom. The molecule has 0 bridgehead atoms. The van der Waals surface area contributed by atoms with E-state index in [1.165, 1.54) is 4.90 Å². The molecule has 1 aromatic rings. The van der Waals surface area contributed by atoms with Crippen molar-refractivity contribution in [3.8, 4) is 0 Å². The topological polar surface area (TPSA) is 98.7 Å². The number of amides is 3. The fourth-order valence-electron chi connectivity index (χ4n) is 2.96. The van der Waals surface area contributed by atoms with Gasteiger partial charge in [-0.15, -0.1) is 0 Å². The number of aliphatic hydroxyl groups is 1. The van der Waals surface area contributed by atoms with Crippen LogP contribution in [0.5, 0.6) is 0 Å². The van der Waals surface area contributed by atoms with Crippen LogP contribution in [0.1, 0.15) is 16.8 Å². The Morgan fingerprint density at radius 2 is 2.04 bits per heavy atom. The maximum Gasteiger partial charge on any atom is 0.251 e. The molecule has 0 radical (unpaired) electrons. The van der Waals surface area contributed by atoms with Crippen molar-refractivity contribution in [1.29, 1.82) is 0 Å². The molecular weight excluding hydrogens is 322 g/mol. The number of hydrogen-bond donors (Lipinski definition) is 3. The molecule has 23 heavy (non-hydrogen) atoms. The number of piperazine rings is 1. The summed E-state index contributed by atoms with van der Waals surface area (Å²) in [7, 11) is 0. The lowest BCUT2D eigenvalue weighted by atomic mass is 10.1. The van der Waals surface area contributed by atoms with Gasteiger partial charge in [0.15, 0.2) is 0 Å².